The molecule has 1 aliphatic heterocycles. The topological polar surface area (TPSA) is 98.8 Å². The highest BCUT2D eigenvalue weighted by molar-refractivity contribution is 7.92. The van der Waals surface area contributed by atoms with E-state index in [0.717, 1.165) is 5.56 Å². The zero-order valence-electron chi connectivity index (χ0n) is 15.8. The van der Waals surface area contributed by atoms with Gasteiger partial charge in [0.2, 0.25) is 6.10 Å². The van der Waals surface area contributed by atoms with Gasteiger partial charge in [0, 0.05) is 6.42 Å². The van der Waals surface area contributed by atoms with E-state index in [1.807, 2.05) is 6.92 Å². The van der Waals surface area contributed by atoms with Crippen LogP contribution >= 0.6 is 0 Å². The molecule has 0 unspecified atom stereocenters. The first-order valence-corrected chi connectivity index (χ1v) is 10.2. The van der Waals surface area contributed by atoms with Crippen molar-refractivity contribution in [3.8, 4) is 0 Å². The summed E-state index contributed by atoms with van der Waals surface area (Å²) in [4.78, 5) is 24.2. The lowest BCUT2D eigenvalue weighted by Gasteiger charge is -2.16. The fraction of sp³-hybridized carbons (Fsp3) is 0.300. The predicted molar refractivity (Wildman–Crippen MR) is 103 cm³/mol. The summed E-state index contributed by atoms with van der Waals surface area (Å²) >= 11 is 0. The third kappa shape index (κ3) is 4.01. The second kappa shape index (κ2) is 7.63. The molecule has 0 bridgehead atoms. The molecule has 0 saturated carbocycles. The van der Waals surface area contributed by atoms with Crippen LogP contribution in [0.3, 0.4) is 0 Å². The fourth-order valence-electron chi connectivity index (χ4n) is 3.31. The van der Waals surface area contributed by atoms with Crippen molar-refractivity contribution in [2.45, 2.75) is 38.2 Å². The van der Waals surface area contributed by atoms with Crippen molar-refractivity contribution in [1.82, 2.24) is 0 Å². The number of ether oxygens (including phenoxy) is 2. The largest absolute Gasteiger partial charge is 0.463 e. The minimum Gasteiger partial charge on any atom is -0.463 e. The number of carbonyl (C=O) groups is 2. The van der Waals surface area contributed by atoms with Gasteiger partial charge in [-0.1, -0.05) is 29.8 Å². The molecule has 1 aliphatic rings. The number of hydrogen-bond acceptors (Lipinski definition) is 6. The van der Waals surface area contributed by atoms with Gasteiger partial charge in [-0.3, -0.25) is 4.72 Å². The summed E-state index contributed by atoms with van der Waals surface area (Å²) in [5.74, 6) is -1.39. The van der Waals surface area contributed by atoms with Crippen LogP contribution in [-0.2, 0) is 24.3 Å². The Balaban J connectivity index is 1.91. The number of aryl methyl sites for hydroxylation is 3. The van der Waals surface area contributed by atoms with E-state index in [1.54, 1.807) is 38.1 Å². The fourth-order valence-corrected chi connectivity index (χ4v) is 4.85. The van der Waals surface area contributed by atoms with E-state index in [0.29, 0.717) is 11.1 Å². The van der Waals surface area contributed by atoms with Crippen molar-refractivity contribution in [2.75, 3.05) is 11.3 Å². The van der Waals surface area contributed by atoms with Crippen LogP contribution in [0, 0.1) is 20.8 Å². The zero-order chi connectivity index (χ0) is 20.5. The van der Waals surface area contributed by atoms with E-state index in [4.69, 9.17) is 9.47 Å². The van der Waals surface area contributed by atoms with Gasteiger partial charge in [0.15, 0.2) is 0 Å². The number of nitrogens with one attached hydrogen (secondary N) is 1. The lowest BCUT2D eigenvalue weighted by Crippen LogP contribution is -2.24. The zero-order valence-corrected chi connectivity index (χ0v) is 16.6. The molecule has 28 heavy (non-hydrogen) atoms. The second-order valence-electron chi connectivity index (χ2n) is 6.73. The van der Waals surface area contributed by atoms with Crippen LogP contribution in [-0.4, -0.2) is 33.1 Å². The lowest BCUT2D eigenvalue weighted by atomic mass is 10.1. The Kier molecular flexibility index (Phi) is 5.42. The Hall–Kier alpha value is -2.87. The van der Waals surface area contributed by atoms with Gasteiger partial charge in [-0.05, 0) is 44.0 Å². The Morgan fingerprint density at radius 1 is 1.14 bits per heavy atom. The van der Waals surface area contributed by atoms with Gasteiger partial charge in [0.25, 0.3) is 10.0 Å². The first-order chi connectivity index (χ1) is 13.2. The van der Waals surface area contributed by atoms with Gasteiger partial charge in [-0.15, -0.1) is 0 Å². The third-order valence-corrected chi connectivity index (χ3v) is 6.07. The van der Waals surface area contributed by atoms with E-state index in [1.165, 1.54) is 12.1 Å². The molecule has 7 nitrogen and oxygen atoms in total. The average Bonchev–Trinajstić information content (AvgIpc) is 2.98. The number of anilines is 1. The Bertz CT molecular complexity index is 1020. The van der Waals surface area contributed by atoms with Gasteiger partial charge in [0.05, 0.1) is 22.8 Å². The van der Waals surface area contributed by atoms with Crippen LogP contribution in [0.15, 0.2) is 41.3 Å². The number of benzene rings is 2. The SMILES string of the molecule is Cc1cc(C)c(S(=O)(=O)Nc2ccccc2C(=O)O[C@H]2CCOC2=O)c(C)c1. The van der Waals surface area contributed by atoms with E-state index in [-0.39, 0.29) is 29.2 Å². The maximum Gasteiger partial charge on any atom is 0.347 e. The van der Waals surface area contributed by atoms with Crippen LogP contribution in [0.4, 0.5) is 5.69 Å². The molecular formula is C20H21NO6S. The van der Waals surface area contributed by atoms with E-state index in [9.17, 15) is 18.0 Å². The molecule has 148 valence electrons. The van der Waals surface area contributed by atoms with Crippen molar-refractivity contribution in [1.29, 1.82) is 0 Å². The minimum absolute atomic E-state index is 0.0215. The van der Waals surface area contributed by atoms with Gasteiger partial charge >= 0.3 is 11.9 Å². The average molecular weight is 403 g/mol. The molecule has 1 atom stereocenters. The van der Waals surface area contributed by atoms with Gasteiger partial charge < -0.3 is 9.47 Å². The standard InChI is InChI=1S/C20H21NO6S/c1-12-10-13(2)18(14(3)11-12)28(24,25)21-16-7-5-4-6-15(16)19(22)27-17-8-9-26-20(17)23/h4-7,10-11,17,21H,8-9H2,1-3H3/t17-/m0/s1. The number of sulfonamides is 1. The quantitative estimate of drug-likeness (QED) is 0.771. The first-order valence-electron chi connectivity index (χ1n) is 8.76. The Morgan fingerprint density at radius 2 is 1.79 bits per heavy atom. The van der Waals surface area contributed by atoms with Crippen molar-refractivity contribution in [2.24, 2.45) is 0 Å². The third-order valence-electron chi connectivity index (χ3n) is 4.40. The molecule has 2 aromatic carbocycles. The van der Waals surface area contributed by atoms with Crippen LogP contribution < -0.4 is 4.72 Å². The van der Waals surface area contributed by atoms with Gasteiger partial charge in [-0.2, -0.15) is 0 Å². The van der Waals surface area contributed by atoms with Crippen LogP contribution in [0.25, 0.3) is 0 Å². The van der Waals surface area contributed by atoms with Crippen LogP contribution in [0.5, 0.6) is 0 Å². The normalized spacial score (nSPS) is 16.5. The number of rotatable bonds is 5. The second-order valence-corrected chi connectivity index (χ2v) is 8.35. The molecule has 3 rings (SSSR count). The van der Waals surface area contributed by atoms with Crippen molar-refractivity contribution in [3.63, 3.8) is 0 Å². The molecule has 1 heterocycles. The molecule has 1 fully saturated rings. The van der Waals surface area contributed by atoms with Gasteiger partial charge in [0.1, 0.15) is 0 Å². The number of cyclic esters (lactones) is 1. The van der Waals surface area contributed by atoms with E-state index >= 15 is 0 Å². The highest BCUT2D eigenvalue weighted by Gasteiger charge is 2.31. The molecule has 8 heteroatoms. The van der Waals surface area contributed by atoms with E-state index in [2.05, 4.69) is 4.72 Å². The summed E-state index contributed by atoms with van der Waals surface area (Å²) < 4.78 is 38.4. The number of esters is 2. The highest BCUT2D eigenvalue weighted by Crippen LogP contribution is 2.26. The highest BCUT2D eigenvalue weighted by atomic mass is 32.2. The maximum atomic E-state index is 13.0. The predicted octanol–water partition coefficient (Wildman–Crippen LogP) is 2.88. The molecule has 0 spiro atoms. The summed E-state index contributed by atoms with van der Waals surface area (Å²) in [5, 5.41) is 0. The monoisotopic (exact) mass is 403 g/mol. The number of para-hydroxylation sites is 1. The number of hydrogen-bond donors (Lipinski definition) is 1. The molecule has 0 aromatic heterocycles. The van der Waals surface area contributed by atoms with Gasteiger partial charge in [-0.25, -0.2) is 18.0 Å². The smallest absolute Gasteiger partial charge is 0.347 e. The molecule has 0 aliphatic carbocycles. The summed E-state index contributed by atoms with van der Waals surface area (Å²) in [6.07, 6.45) is -0.695. The van der Waals surface area contributed by atoms with Crippen molar-refractivity contribution in [3.05, 3.63) is 58.7 Å². The molecule has 1 saturated heterocycles. The molecule has 2 aromatic rings. The molecular weight excluding hydrogens is 382 g/mol. The molecule has 0 amide bonds. The summed E-state index contributed by atoms with van der Waals surface area (Å²) in [5.41, 5.74) is 2.28. The van der Waals surface area contributed by atoms with Crippen molar-refractivity contribution < 1.29 is 27.5 Å². The summed E-state index contributed by atoms with van der Waals surface area (Å²) in [6, 6.07) is 9.67. The van der Waals surface area contributed by atoms with Crippen LogP contribution in [0.1, 0.15) is 33.5 Å². The number of carbonyl (C=O) groups excluding carboxylic acids is 2. The van der Waals surface area contributed by atoms with Crippen molar-refractivity contribution >= 4 is 27.6 Å². The summed E-state index contributed by atoms with van der Waals surface area (Å²) in [7, 11) is -3.93. The lowest BCUT2D eigenvalue weighted by molar-refractivity contribution is -0.145. The summed E-state index contributed by atoms with van der Waals surface area (Å²) in [6.45, 7) is 5.53. The minimum atomic E-state index is -3.93. The Morgan fingerprint density at radius 3 is 2.39 bits per heavy atom. The molecule has 0 radical (unpaired) electrons. The first kappa shape index (κ1) is 19.9. The molecule has 1 N–H and O–H groups in total. The van der Waals surface area contributed by atoms with Crippen LogP contribution in [0.2, 0.25) is 0 Å². The van der Waals surface area contributed by atoms with E-state index < -0.39 is 28.1 Å². The Labute approximate surface area is 163 Å². The maximum absolute atomic E-state index is 13.0.